The Morgan fingerprint density at radius 2 is 2.04 bits per heavy atom. The van der Waals surface area contributed by atoms with Gasteiger partial charge in [0.2, 0.25) is 0 Å². The van der Waals surface area contributed by atoms with Crippen molar-refractivity contribution in [1.82, 2.24) is 9.88 Å². The van der Waals surface area contributed by atoms with Crippen LogP contribution in [0.3, 0.4) is 0 Å². The number of methoxy groups -OCH3 is 1. The molecule has 1 aliphatic rings. The molecule has 1 aliphatic heterocycles. The number of aromatic nitrogens is 1. The largest absolute Gasteiger partial charge is 0.497 e. The zero-order valence-corrected chi connectivity index (χ0v) is 13.9. The van der Waals surface area contributed by atoms with Gasteiger partial charge in [0.15, 0.2) is 0 Å². The van der Waals surface area contributed by atoms with Gasteiger partial charge in [-0.3, -0.25) is 4.79 Å². The van der Waals surface area contributed by atoms with E-state index in [1.165, 1.54) is 10.9 Å². The molecule has 1 N–H and O–H groups in total. The van der Waals surface area contributed by atoms with Crippen molar-refractivity contribution < 1.29 is 9.53 Å². The van der Waals surface area contributed by atoms with Crippen LogP contribution >= 0.6 is 0 Å². The predicted octanol–water partition coefficient (Wildman–Crippen LogP) is 3.68. The first-order chi connectivity index (χ1) is 11.7. The fourth-order valence-electron chi connectivity index (χ4n) is 3.54. The zero-order chi connectivity index (χ0) is 16.7. The fraction of sp³-hybridized carbons (Fsp3) is 0.250. The number of fused-ring (bicyclic) bond motifs is 3. The van der Waals surface area contributed by atoms with Crippen LogP contribution in [-0.2, 0) is 13.0 Å². The van der Waals surface area contributed by atoms with E-state index < -0.39 is 0 Å². The van der Waals surface area contributed by atoms with Crippen LogP contribution in [-0.4, -0.2) is 29.4 Å². The van der Waals surface area contributed by atoms with E-state index in [0.717, 1.165) is 41.1 Å². The second kappa shape index (κ2) is 5.71. The summed E-state index contributed by atoms with van der Waals surface area (Å²) in [5.41, 5.74) is 5.35. The van der Waals surface area contributed by atoms with Gasteiger partial charge in [-0.25, -0.2) is 0 Å². The van der Waals surface area contributed by atoms with E-state index in [0.29, 0.717) is 6.54 Å². The summed E-state index contributed by atoms with van der Waals surface area (Å²) >= 11 is 0. The molecule has 0 aliphatic carbocycles. The lowest BCUT2D eigenvalue weighted by Crippen LogP contribution is -2.36. The van der Waals surface area contributed by atoms with Crippen molar-refractivity contribution in [2.24, 2.45) is 0 Å². The number of H-pyrrole nitrogens is 1. The Hall–Kier alpha value is -2.75. The number of aromatic amines is 1. The van der Waals surface area contributed by atoms with Gasteiger partial charge in [-0.2, -0.15) is 0 Å². The first-order valence-corrected chi connectivity index (χ1v) is 8.20. The van der Waals surface area contributed by atoms with E-state index in [1.807, 2.05) is 36.1 Å². The van der Waals surface area contributed by atoms with Crippen LogP contribution in [0.4, 0.5) is 0 Å². The Morgan fingerprint density at radius 1 is 1.21 bits per heavy atom. The van der Waals surface area contributed by atoms with Crippen LogP contribution in [0.5, 0.6) is 5.75 Å². The van der Waals surface area contributed by atoms with Gasteiger partial charge in [-0.1, -0.05) is 18.2 Å². The van der Waals surface area contributed by atoms with Crippen molar-refractivity contribution in [3.63, 3.8) is 0 Å². The Kier molecular flexibility index (Phi) is 3.53. The maximum atomic E-state index is 12.9. The lowest BCUT2D eigenvalue weighted by molar-refractivity contribution is 0.0732. The average Bonchev–Trinajstić information content (AvgIpc) is 2.98. The molecule has 2 heterocycles. The van der Waals surface area contributed by atoms with Crippen molar-refractivity contribution in [3.05, 3.63) is 64.8 Å². The number of hydrogen-bond acceptors (Lipinski definition) is 2. The topological polar surface area (TPSA) is 45.3 Å². The van der Waals surface area contributed by atoms with Crippen molar-refractivity contribution in [3.8, 4) is 5.75 Å². The highest BCUT2D eigenvalue weighted by Gasteiger charge is 2.25. The molecule has 4 rings (SSSR count). The van der Waals surface area contributed by atoms with Gasteiger partial charge in [0.1, 0.15) is 5.75 Å². The molecular formula is C20H20N2O2. The highest BCUT2D eigenvalue weighted by atomic mass is 16.5. The van der Waals surface area contributed by atoms with Gasteiger partial charge < -0.3 is 14.6 Å². The number of amides is 1. The molecule has 0 spiro atoms. The van der Waals surface area contributed by atoms with Gasteiger partial charge in [0.25, 0.3) is 5.91 Å². The van der Waals surface area contributed by atoms with Crippen molar-refractivity contribution >= 4 is 16.8 Å². The third kappa shape index (κ3) is 2.35. The highest BCUT2D eigenvalue weighted by Crippen LogP contribution is 2.28. The molecule has 24 heavy (non-hydrogen) atoms. The molecule has 4 heteroatoms. The minimum atomic E-state index is 0.0828. The van der Waals surface area contributed by atoms with Crippen molar-refractivity contribution in [2.75, 3.05) is 13.7 Å². The second-order valence-corrected chi connectivity index (χ2v) is 6.29. The molecule has 0 saturated heterocycles. The van der Waals surface area contributed by atoms with Gasteiger partial charge >= 0.3 is 0 Å². The average molecular weight is 320 g/mol. The number of rotatable bonds is 2. The molecule has 1 amide bonds. The van der Waals surface area contributed by atoms with Crippen molar-refractivity contribution in [1.29, 1.82) is 0 Å². The number of para-hydroxylation sites is 1. The quantitative estimate of drug-likeness (QED) is 0.783. The molecule has 3 aromatic rings. The molecule has 122 valence electrons. The highest BCUT2D eigenvalue weighted by molar-refractivity contribution is 5.96. The molecule has 0 atom stereocenters. The minimum absolute atomic E-state index is 0.0828. The summed E-state index contributed by atoms with van der Waals surface area (Å²) < 4.78 is 5.23. The van der Waals surface area contributed by atoms with Gasteiger partial charge in [-0.15, -0.1) is 0 Å². The Bertz CT molecular complexity index is 927. The molecule has 1 aromatic heterocycles. The number of hydrogen-bond donors (Lipinski definition) is 1. The number of ether oxygens (including phenoxy) is 1. The van der Waals surface area contributed by atoms with E-state index in [1.54, 1.807) is 7.11 Å². The lowest BCUT2D eigenvalue weighted by Gasteiger charge is -2.27. The molecule has 0 fully saturated rings. The number of carbonyl (C=O) groups excluding carboxylic acids is 1. The summed E-state index contributed by atoms with van der Waals surface area (Å²) in [6.45, 7) is 3.33. The molecule has 4 nitrogen and oxygen atoms in total. The van der Waals surface area contributed by atoms with Crippen molar-refractivity contribution in [2.45, 2.75) is 19.9 Å². The van der Waals surface area contributed by atoms with Crippen LogP contribution in [0.15, 0.2) is 42.5 Å². The molecule has 0 saturated carbocycles. The van der Waals surface area contributed by atoms with E-state index in [-0.39, 0.29) is 5.91 Å². The SMILES string of the molecule is COc1ccc(C(=O)N2CCc3c([nH]c4ccccc34)C2)c(C)c1. The summed E-state index contributed by atoms with van der Waals surface area (Å²) in [6.07, 6.45) is 0.889. The number of carbonyl (C=O) groups is 1. The van der Waals surface area contributed by atoms with Crippen LogP contribution < -0.4 is 4.74 Å². The maximum absolute atomic E-state index is 12.9. The standard InChI is InChI=1S/C20H20N2O2/c1-13-11-14(24-2)7-8-15(13)20(23)22-10-9-17-16-5-3-4-6-18(16)21-19(17)12-22/h3-8,11,21H,9-10,12H2,1-2H3. The molecule has 2 aromatic carbocycles. The molecular weight excluding hydrogens is 300 g/mol. The number of nitrogens with one attached hydrogen (secondary N) is 1. The Labute approximate surface area is 141 Å². The summed E-state index contributed by atoms with van der Waals surface area (Å²) in [4.78, 5) is 18.3. The van der Waals surface area contributed by atoms with Gasteiger partial charge in [0.05, 0.1) is 13.7 Å². The van der Waals surface area contributed by atoms with Gasteiger partial charge in [-0.05, 0) is 48.7 Å². The Balaban J connectivity index is 1.63. The summed E-state index contributed by atoms with van der Waals surface area (Å²) in [7, 11) is 1.64. The zero-order valence-electron chi connectivity index (χ0n) is 13.9. The molecule has 0 radical (unpaired) electrons. The maximum Gasteiger partial charge on any atom is 0.254 e. The van der Waals surface area contributed by atoms with E-state index in [2.05, 4.69) is 23.2 Å². The van der Waals surface area contributed by atoms with Crippen LogP contribution in [0.2, 0.25) is 0 Å². The third-order valence-corrected chi connectivity index (χ3v) is 4.83. The summed E-state index contributed by atoms with van der Waals surface area (Å²) in [5, 5.41) is 1.28. The predicted molar refractivity (Wildman–Crippen MR) is 94.5 cm³/mol. The number of benzene rings is 2. The van der Waals surface area contributed by atoms with Crippen LogP contribution in [0.1, 0.15) is 27.2 Å². The summed E-state index contributed by atoms with van der Waals surface area (Å²) in [5.74, 6) is 0.861. The third-order valence-electron chi connectivity index (χ3n) is 4.83. The molecule has 0 bridgehead atoms. The molecule has 0 unspecified atom stereocenters. The number of nitrogens with zero attached hydrogens (tertiary/aromatic N) is 1. The van der Waals surface area contributed by atoms with E-state index >= 15 is 0 Å². The lowest BCUT2D eigenvalue weighted by atomic mass is 10.0. The summed E-state index contributed by atoms with van der Waals surface area (Å²) in [6, 6.07) is 14.0. The smallest absolute Gasteiger partial charge is 0.254 e. The first kappa shape index (κ1) is 14.8. The van der Waals surface area contributed by atoms with Crippen LogP contribution in [0, 0.1) is 6.92 Å². The van der Waals surface area contributed by atoms with E-state index in [4.69, 9.17) is 4.74 Å². The monoisotopic (exact) mass is 320 g/mol. The Morgan fingerprint density at radius 3 is 2.83 bits per heavy atom. The van der Waals surface area contributed by atoms with E-state index in [9.17, 15) is 4.79 Å². The van der Waals surface area contributed by atoms with Crippen LogP contribution in [0.25, 0.3) is 10.9 Å². The normalized spacial score (nSPS) is 13.8. The fourth-order valence-corrected chi connectivity index (χ4v) is 3.54. The first-order valence-electron chi connectivity index (χ1n) is 8.20. The second-order valence-electron chi connectivity index (χ2n) is 6.29. The number of aryl methyl sites for hydroxylation is 1. The minimum Gasteiger partial charge on any atom is -0.497 e. The van der Waals surface area contributed by atoms with Gasteiger partial charge in [0, 0.05) is 28.7 Å².